The summed E-state index contributed by atoms with van der Waals surface area (Å²) >= 11 is 1.59. The summed E-state index contributed by atoms with van der Waals surface area (Å²) < 4.78 is 5.14. The molecular weight excluding hydrogens is 408 g/mol. The van der Waals surface area contributed by atoms with Crippen LogP contribution in [0.1, 0.15) is 32.4 Å². The number of ether oxygens (including phenoxy) is 1. The van der Waals surface area contributed by atoms with E-state index in [-0.39, 0.29) is 17.2 Å². The predicted octanol–water partition coefficient (Wildman–Crippen LogP) is 5.34. The van der Waals surface area contributed by atoms with Crippen LogP contribution < -0.4 is 15.0 Å². The van der Waals surface area contributed by atoms with Crippen LogP contribution in [0.4, 0.5) is 11.4 Å². The van der Waals surface area contributed by atoms with Crippen molar-refractivity contribution in [3.05, 3.63) is 89.0 Å². The first-order chi connectivity index (χ1) is 15.0. The highest BCUT2D eigenvalue weighted by Gasteiger charge is 2.34. The van der Waals surface area contributed by atoms with Crippen LogP contribution in [-0.4, -0.2) is 24.7 Å². The molecule has 1 N–H and O–H groups in total. The first-order valence-corrected chi connectivity index (χ1v) is 11.1. The number of amides is 2. The lowest BCUT2D eigenvalue weighted by Gasteiger charge is -2.25. The number of carbonyl (C=O) groups excluding carboxylic acids is 2. The van der Waals surface area contributed by atoms with Gasteiger partial charge in [-0.2, -0.15) is 0 Å². The van der Waals surface area contributed by atoms with Crippen LogP contribution in [-0.2, 0) is 4.79 Å². The molecule has 1 aliphatic rings. The minimum atomic E-state index is -0.194. The zero-order chi connectivity index (χ0) is 22.0. The topological polar surface area (TPSA) is 58.6 Å². The van der Waals surface area contributed by atoms with Crippen LogP contribution in [0, 0.1) is 13.8 Å². The van der Waals surface area contributed by atoms with E-state index in [0.29, 0.717) is 22.8 Å². The Morgan fingerprint density at radius 2 is 1.81 bits per heavy atom. The van der Waals surface area contributed by atoms with Gasteiger partial charge in [-0.05, 0) is 79.1 Å². The number of nitrogens with one attached hydrogen (secondary N) is 1. The van der Waals surface area contributed by atoms with Gasteiger partial charge in [0.25, 0.3) is 5.91 Å². The Kier molecular flexibility index (Phi) is 6.00. The minimum Gasteiger partial charge on any atom is -0.497 e. The molecule has 0 unspecified atom stereocenters. The summed E-state index contributed by atoms with van der Waals surface area (Å²) in [5.41, 5.74) is 5.47. The predicted molar refractivity (Wildman–Crippen MR) is 126 cm³/mol. The third-order valence-electron chi connectivity index (χ3n) is 5.42. The molecule has 1 fully saturated rings. The summed E-state index contributed by atoms with van der Waals surface area (Å²) in [6, 6.07) is 20.8. The van der Waals surface area contributed by atoms with Gasteiger partial charge in [-0.3, -0.25) is 14.5 Å². The van der Waals surface area contributed by atoms with Crippen molar-refractivity contribution in [1.82, 2.24) is 0 Å². The Balaban J connectivity index is 1.57. The molecule has 5 nitrogen and oxygen atoms in total. The third kappa shape index (κ3) is 4.44. The monoisotopic (exact) mass is 432 g/mol. The Labute approximate surface area is 186 Å². The molecule has 3 aromatic carbocycles. The van der Waals surface area contributed by atoms with Gasteiger partial charge in [0.05, 0.1) is 12.9 Å². The number of anilines is 2. The Hall–Kier alpha value is -3.25. The maximum atomic E-state index is 12.7. The zero-order valence-corrected chi connectivity index (χ0v) is 18.5. The van der Waals surface area contributed by atoms with Gasteiger partial charge < -0.3 is 10.1 Å². The SMILES string of the molecule is COc1ccc(C(=O)Nc2cccc([C@H]3SCC(=O)N3c3ccc(C)c(C)c3)c2)cc1. The fourth-order valence-electron chi connectivity index (χ4n) is 3.54. The number of aryl methyl sites for hydroxylation is 2. The molecule has 4 rings (SSSR count). The summed E-state index contributed by atoms with van der Waals surface area (Å²) in [7, 11) is 1.59. The first kappa shape index (κ1) is 21.0. The lowest BCUT2D eigenvalue weighted by Crippen LogP contribution is -2.28. The number of hydrogen-bond acceptors (Lipinski definition) is 4. The number of rotatable bonds is 5. The molecule has 3 aromatic rings. The van der Waals surface area contributed by atoms with Crippen LogP contribution in [0.25, 0.3) is 0 Å². The van der Waals surface area contributed by atoms with Crippen LogP contribution in [0.5, 0.6) is 5.75 Å². The average Bonchev–Trinajstić information content (AvgIpc) is 3.17. The largest absolute Gasteiger partial charge is 0.497 e. The third-order valence-corrected chi connectivity index (χ3v) is 6.63. The van der Waals surface area contributed by atoms with Gasteiger partial charge >= 0.3 is 0 Å². The van der Waals surface area contributed by atoms with Crippen molar-refractivity contribution in [1.29, 1.82) is 0 Å². The van der Waals surface area contributed by atoms with E-state index in [2.05, 4.69) is 25.2 Å². The van der Waals surface area contributed by atoms with Crippen molar-refractivity contribution < 1.29 is 14.3 Å². The Morgan fingerprint density at radius 1 is 1.03 bits per heavy atom. The molecule has 0 radical (unpaired) electrons. The van der Waals surface area contributed by atoms with Gasteiger partial charge in [-0.25, -0.2) is 0 Å². The maximum absolute atomic E-state index is 12.7. The lowest BCUT2D eigenvalue weighted by atomic mass is 10.1. The van der Waals surface area contributed by atoms with E-state index in [0.717, 1.165) is 16.8 Å². The summed E-state index contributed by atoms with van der Waals surface area (Å²) in [5.74, 6) is 1.03. The fraction of sp³-hybridized carbons (Fsp3) is 0.200. The number of benzene rings is 3. The standard InChI is InChI=1S/C25H24N2O3S/c1-16-7-10-21(13-17(16)2)27-23(28)15-31-25(27)19-5-4-6-20(14-19)26-24(29)18-8-11-22(30-3)12-9-18/h4-14,25H,15H2,1-3H3,(H,26,29)/t25-/m1/s1. The molecule has 158 valence electrons. The first-order valence-electron chi connectivity index (χ1n) is 10.0. The summed E-state index contributed by atoms with van der Waals surface area (Å²) in [6.45, 7) is 4.11. The smallest absolute Gasteiger partial charge is 0.255 e. The molecular formula is C25H24N2O3S. The molecule has 0 spiro atoms. The molecule has 1 saturated heterocycles. The molecule has 6 heteroatoms. The maximum Gasteiger partial charge on any atom is 0.255 e. The van der Waals surface area contributed by atoms with Crippen LogP contribution >= 0.6 is 11.8 Å². The highest BCUT2D eigenvalue weighted by Crippen LogP contribution is 2.42. The summed E-state index contributed by atoms with van der Waals surface area (Å²) in [6.07, 6.45) is 0. The molecule has 31 heavy (non-hydrogen) atoms. The van der Waals surface area contributed by atoms with Crippen LogP contribution in [0.15, 0.2) is 66.7 Å². The van der Waals surface area contributed by atoms with Gasteiger partial charge in [0.15, 0.2) is 0 Å². The summed E-state index contributed by atoms with van der Waals surface area (Å²) in [5, 5.41) is 2.82. The lowest BCUT2D eigenvalue weighted by molar-refractivity contribution is -0.115. The molecule has 0 bridgehead atoms. The van der Waals surface area contributed by atoms with Crippen LogP contribution in [0.2, 0.25) is 0 Å². The van der Waals surface area contributed by atoms with Gasteiger partial charge in [0.2, 0.25) is 5.91 Å². The van der Waals surface area contributed by atoms with E-state index in [4.69, 9.17) is 4.74 Å². The van der Waals surface area contributed by atoms with Gasteiger partial charge in [-0.1, -0.05) is 18.2 Å². The van der Waals surface area contributed by atoms with Crippen LogP contribution in [0.3, 0.4) is 0 Å². The van der Waals surface area contributed by atoms with Crippen molar-refractivity contribution >= 4 is 35.0 Å². The van der Waals surface area contributed by atoms with E-state index in [1.165, 1.54) is 5.56 Å². The van der Waals surface area contributed by atoms with E-state index >= 15 is 0 Å². The van der Waals surface area contributed by atoms with Gasteiger partial charge in [0.1, 0.15) is 11.1 Å². The Morgan fingerprint density at radius 3 is 2.52 bits per heavy atom. The van der Waals surface area contributed by atoms with E-state index in [9.17, 15) is 9.59 Å². The number of thioether (sulfide) groups is 1. The molecule has 1 aliphatic heterocycles. The van der Waals surface area contributed by atoms with E-state index in [1.807, 2.05) is 41.3 Å². The Bertz CT molecular complexity index is 1130. The molecule has 0 aliphatic carbocycles. The number of nitrogens with zero attached hydrogens (tertiary/aromatic N) is 1. The molecule has 0 aromatic heterocycles. The summed E-state index contributed by atoms with van der Waals surface area (Å²) in [4.78, 5) is 27.2. The second kappa shape index (κ2) is 8.86. The van der Waals surface area contributed by atoms with Gasteiger partial charge in [-0.15, -0.1) is 11.8 Å². The zero-order valence-electron chi connectivity index (χ0n) is 17.7. The molecule has 1 heterocycles. The second-order valence-electron chi connectivity index (χ2n) is 7.50. The quantitative estimate of drug-likeness (QED) is 0.591. The number of carbonyl (C=O) groups is 2. The van der Waals surface area contributed by atoms with E-state index < -0.39 is 0 Å². The number of methoxy groups -OCH3 is 1. The van der Waals surface area contributed by atoms with Crippen molar-refractivity contribution in [2.24, 2.45) is 0 Å². The van der Waals surface area contributed by atoms with E-state index in [1.54, 1.807) is 43.1 Å². The molecule has 2 amide bonds. The van der Waals surface area contributed by atoms with Crippen molar-refractivity contribution in [2.75, 3.05) is 23.1 Å². The highest BCUT2D eigenvalue weighted by molar-refractivity contribution is 8.00. The van der Waals surface area contributed by atoms with Crippen molar-refractivity contribution in [3.63, 3.8) is 0 Å². The highest BCUT2D eigenvalue weighted by atomic mass is 32.2. The number of hydrogen-bond donors (Lipinski definition) is 1. The van der Waals surface area contributed by atoms with Crippen molar-refractivity contribution in [2.45, 2.75) is 19.2 Å². The fourth-order valence-corrected chi connectivity index (χ4v) is 4.71. The normalized spacial score (nSPS) is 15.8. The molecule has 0 saturated carbocycles. The molecule has 1 atom stereocenters. The van der Waals surface area contributed by atoms with Gasteiger partial charge in [0, 0.05) is 16.9 Å². The van der Waals surface area contributed by atoms with Crippen molar-refractivity contribution in [3.8, 4) is 5.75 Å². The average molecular weight is 433 g/mol. The second-order valence-corrected chi connectivity index (χ2v) is 8.57. The minimum absolute atomic E-state index is 0.0888.